The van der Waals surface area contributed by atoms with Gasteiger partial charge in [0.05, 0.1) is 24.7 Å². The Bertz CT molecular complexity index is 1960. The monoisotopic (exact) mass is 692 g/mol. The van der Waals surface area contributed by atoms with E-state index in [9.17, 15) is 14.4 Å². The van der Waals surface area contributed by atoms with Crippen molar-refractivity contribution in [1.29, 1.82) is 0 Å². The van der Waals surface area contributed by atoms with Gasteiger partial charge in [-0.25, -0.2) is 9.97 Å². The Hall–Kier alpha value is -5.99. The molecule has 0 spiro atoms. The van der Waals surface area contributed by atoms with Crippen molar-refractivity contribution in [3.05, 3.63) is 102 Å². The van der Waals surface area contributed by atoms with Crippen molar-refractivity contribution in [3.8, 4) is 22.6 Å². The van der Waals surface area contributed by atoms with Crippen LogP contribution < -0.4 is 10.6 Å². The number of likely N-dealkylation sites (N-methyl/N-ethyl adjacent to an activating group) is 1. The highest BCUT2D eigenvalue weighted by atomic mass is 16.5. The van der Waals surface area contributed by atoms with Crippen LogP contribution in [0.4, 0.5) is 17.3 Å². The standard InChI is InChI=1S/C33H34N8O2.C4H6O4/c1-22-4-9-28(37-32(42)25-7-5-24(6-8-25)21-41-14-12-40(3)13-15-41)17-30(22)39-33-35-11-10-29(38-33)26-16-27(20-34-19-26)31-23(2)18-36-43-31;5-3(6)1-2-4(7)8/h4-11,16-20H,12-15,21H2,1-3H3,(H,37,42)(H,35,38,39);1-2H2,(H,5,6)(H,7,8). The molecule has 1 aliphatic heterocycles. The molecule has 0 atom stereocenters. The first kappa shape index (κ1) is 36.3. The molecule has 14 heteroatoms. The predicted molar refractivity (Wildman–Crippen MR) is 192 cm³/mol. The van der Waals surface area contributed by atoms with Crippen molar-refractivity contribution in [1.82, 2.24) is 29.9 Å². The molecule has 0 aliphatic carbocycles. The Kier molecular flexibility index (Phi) is 12.2. The van der Waals surface area contributed by atoms with Crippen LogP contribution in [0, 0.1) is 13.8 Å². The molecule has 1 saturated heterocycles. The second-order valence-corrected chi connectivity index (χ2v) is 12.2. The number of nitrogens with one attached hydrogen (secondary N) is 2. The molecule has 51 heavy (non-hydrogen) atoms. The van der Waals surface area contributed by atoms with E-state index in [0.29, 0.717) is 28.7 Å². The largest absolute Gasteiger partial charge is 0.481 e. The quantitative estimate of drug-likeness (QED) is 0.136. The number of benzene rings is 2. The molecular formula is C37H40N8O6. The Morgan fingerprint density at radius 1 is 0.843 bits per heavy atom. The summed E-state index contributed by atoms with van der Waals surface area (Å²) >= 11 is 0. The minimum atomic E-state index is -1.08. The van der Waals surface area contributed by atoms with Gasteiger partial charge in [0.25, 0.3) is 5.91 Å². The van der Waals surface area contributed by atoms with Gasteiger partial charge >= 0.3 is 11.9 Å². The predicted octanol–water partition coefficient (Wildman–Crippen LogP) is 5.49. The minimum absolute atomic E-state index is 0.159. The van der Waals surface area contributed by atoms with Gasteiger partial charge in [0.1, 0.15) is 0 Å². The summed E-state index contributed by atoms with van der Waals surface area (Å²) in [6.45, 7) is 9.12. The maximum atomic E-state index is 13.1. The van der Waals surface area contributed by atoms with Crippen molar-refractivity contribution in [3.63, 3.8) is 0 Å². The van der Waals surface area contributed by atoms with E-state index in [1.54, 1.807) is 24.8 Å². The van der Waals surface area contributed by atoms with Crippen molar-refractivity contribution < 1.29 is 29.1 Å². The number of piperazine rings is 1. The average Bonchev–Trinajstić information content (AvgIpc) is 3.56. The number of hydrogen-bond donors (Lipinski definition) is 4. The number of carbonyl (C=O) groups excluding carboxylic acids is 1. The lowest BCUT2D eigenvalue weighted by atomic mass is 10.1. The minimum Gasteiger partial charge on any atom is -0.481 e. The molecule has 0 saturated carbocycles. The molecule has 0 radical (unpaired) electrons. The topological polar surface area (TPSA) is 187 Å². The molecule has 0 bridgehead atoms. The summed E-state index contributed by atoms with van der Waals surface area (Å²) in [5.41, 5.74) is 7.58. The third kappa shape index (κ3) is 10.5. The van der Waals surface area contributed by atoms with Gasteiger partial charge in [-0.15, -0.1) is 0 Å². The van der Waals surface area contributed by atoms with Gasteiger partial charge in [-0.1, -0.05) is 23.4 Å². The molecule has 1 amide bonds. The summed E-state index contributed by atoms with van der Waals surface area (Å²) in [6, 6.07) is 17.4. The zero-order valence-electron chi connectivity index (χ0n) is 28.7. The highest BCUT2D eigenvalue weighted by Crippen LogP contribution is 2.28. The zero-order chi connectivity index (χ0) is 36.3. The second-order valence-electron chi connectivity index (χ2n) is 12.2. The van der Waals surface area contributed by atoms with Crippen LogP contribution in [0.2, 0.25) is 0 Å². The van der Waals surface area contributed by atoms with E-state index in [-0.39, 0.29) is 18.7 Å². The fraction of sp³-hybridized carbons (Fsp3) is 0.270. The van der Waals surface area contributed by atoms with Crippen molar-refractivity contribution in [2.75, 3.05) is 43.9 Å². The number of nitrogens with zero attached hydrogens (tertiary/aromatic N) is 6. The molecule has 4 heterocycles. The lowest BCUT2D eigenvalue weighted by Crippen LogP contribution is -2.43. The van der Waals surface area contributed by atoms with Gasteiger partial charge in [-0.3, -0.25) is 24.3 Å². The number of carbonyl (C=O) groups is 3. The Labute approximate surface area is 295 Å². The van der Waals surface area contributed by atoms with E-state index >= 15 is 0 Å². The van der Waals surface area contributed by atoms with E-state index in [1.807, 2.05) is 68.4 Å². The molecule has 6 rings (SSSR count). The average molecular weight is 693 g/mol. The molecule has 0 unspecified atom stereocenters. The van der Waals surface area contributed by atoms with Crippen LogP contribution in [-0.4, -0.2) is 91.2 Å². The first-order chi connectivity index (χ1) is 24.5. The number of anilines is 3. The maximum absolute atomic E-state index is 13.1. The van der Waals surface area contributed by atoms with Crippen molar-refractivity contribution >= 4 is 35.2 Å². The molecule has 2 aromatic carbocycles. The second kappa shape index (κ2) is 17.1. The molecule has 1 fully saturated rings. The van der Waals surface area contributed by atoms with E-state index < -0.39 is 11.9 Å². The smallest absolute Gasteiger partial charge is 0.303 e. The summed E-state index contributed by atoms with van der Waals surface area (Å²) in [7, 11) is 2.16. The number of aliphatic carboxylic acids is 2. The molecular weight excluding hydrogens is 652 g/mol. The lowest BCUT2D eigenvalue weighted by Gasteiger charge is -2.32. The van der Waals surface area contributed by atoms with Gasteiger partial charge in [-0.05, 0) is 68.4 Å². The van der Waals surface area contributed by atoms with E-state index in [4.69, 9.17) is 19.7 Å². The fourth-order valence-electron chi connectivity index (χ4n) is 5.25. The van der Waals surface area contributed by atoms with E-state index in [1.165, 1.54) is 5.56 Å². The molecule has 264 valence electrons. The van der Waals surface area contributed by atoms with Gasteiger partial charge in [0.2, 0.25) is 5.95 Å². The molecule has 3 aromatic heterocycles. The highest BCUT2D eigenvalue weighted by Gasteiger charge is 2.15. The van der Waals surface area contributed by atoms with Crippen LogP contribution in [0.1, 0.15) is 39.9 Å². The zero-order valence-corrected chi connectivity index (χ0v) is 28.7. The normalized spacial score (nSPS) is 13.2. The summed E-state index contributed by atoms with van der Waals surface area (Å²) in [5.74, 6) is -1.20. The van der Waals surface area contributed by atoms with Crippen LogP contribution in [0.25, 0.3) is 22.6 Å². The summed E-state index contributed by atoms with van der Waals surface area (Å²) in [5, 5.41) is 26.0. The van der Waals surface area contributed by atoms with Gasteiger partial charge in [0, 0.05) is 84.9 Å². The summed E-state index contributed by atoms with van der Waals surface area (Å²) in [4.78, 5) is 50.6. The van der Waals surface area contributed by atoms with Crippen LogP contribution in [0.5, 0.6) is 0 Å². The lowest BCUT2D eigenvalue weighted by molar-refractivity contribution is -0.143. The highest BCUT2D eigenvalue weighted by molar-refractivity contribution is 6.04. The molecule has 5 aromatic rings. The number of aromatic nitrogens is 4. The summed E-state index contributed by atoms with van der Waals surface area (Å²) < 4.78 is 5.39. The SMILES string of the molecule is Cc1ccc(NC(=O)c2ccc(CN3CCN(C)CC3)cc2)cc1Nc1nccc(-c2cncc(-c3oncc3C)c2)n1.O=C(O)CCC(=O)O. The molecule has 14 nitrogen and oxygen atoms in total. The van der Waals surface area contributed by atoms with Crippen LogP contribution in [0.3, 0.4) is 0 Å². The number of pyridine rings is 1. The van der Waals surface area contributed by atoms with Gasteiger partial charge in [0.15, 0.2) is 5.76 Å². The van der Waals surface area contributed by atoms with Gasteiger partial charge < -0.3 is 30.3 Å². The Balaban J connectivity index is 0.000000565. The number of aryl methyl sites for hydroxylation is 2. The number of rotatable bonds is 11. The fourth-order valence-corrected chi connectivity index (χ4v) is 5.25. The van der Waals surface area contributed by atoms with Crippen molar-refractivity contribution in [2.24, 2.45) is 0 Å². The van der Waals surface area contributed by atoms with E-state index in [0.717, 1.165) is 60.7 Å². The Morgan fingerprint density at radius 2 is 1.55 bits per heavy atom. The molecule has 1 aliphatic rings. The summed E-state index contributed by atoms with van der Waals surface area (Å²) in [6.07, 6.45) is 6.28. The number of hydrogen-bond acceptors (Lipinski definition) is 11. The van der Waals surface area contributed by atoms with Crippen LogP contribution in [0.15, 0.2) is 83.9 Å². The van der Waals surface area contributed by atoms with Crippen molar-refractivity contribution in [2.45, 2.75) is 33.2 Å². The third-order valence-electron chi connectivity index (χ3n) is 8.21. The molecule has 4 N–H and O–H groups in total. The first-order valence-corrected chi connectivity index (χ1v) is 16.4. The first-order valence-electron chi connectivity index (χ1n) is 16.4. The third-order valence-corrected chi connectivity index (χ3v) is 8.21. The number of carboxylic acid groups (broad SMARTS) is 2. The van der Waals surface area contributed by atoms with Gasteiger partial charge in [-0.2, -0.15) is 0 Å². The van der Waals surface area contributed by atoms with Crippen LogP contribution in [-0.2, 0) is 16.1 Å². The van der Waals surface area contributed by atoms with E-state index in [2.05, 4.69) is 42.6 Å². The number of carboxylic acids is 2. The maximum Gasteiger partial charge on any atom is 0.303 e. The number of amides is 1. The Morgan fingerprint density at radius 3 is 2.22 bits per heavy atom. The van der Waals surface area contributed by atoms with Crippen LogP contribution >= 0.6 is 0 Å².